The molecule has 154 valence electrons. The number of nitrogens with zero attached hydrogens (tertiary/aromatic N) is 3. The maximum atomic E-state index is 5.16. The molecule has 3 aromatic heterocycles. The summed E-state index contributed by atoms with van der Waals surface area (Å²) in [5.41, 5.74) is 8.80. The summed E-state index contributed by atoms with van der Waals surface area (Å²) in [6.45, 7) is 12.8. The number of rotatable bonds is 0. The number of hydrogen-bond acceptors (Lipinski definition) is 3. The Morgan fingerprint density at radius 1 is 0.767 bits per heavy atom. The monoisotopic (exact) mass is 477 g/mol. The lowest BCUT2D eigenvalue weighted by atomic mass is 10.2. The molecule has 0 radical (unpaired) electrons. The van der Waals surface area contributed by atoms with E-state index in [0.29, 0.717) is 0 Å². The van der Waals surface area contributed by atoms with Gasteiger partial charge in [-0.25, -0.2) is 0 Å². The molecule has 3 aromatic rings. The molecule has 0 unspecified atom stereocenters. The lowest BCUT2D eigenvalue weighted by Crippen LogP contribution is -2.16. The van der Waals surface area contributed by atoms with Gasteiger partial charge in [-0.15, -0.1) is 12.0 Å². The smallest absolute Gasteiger partial charge is 0.129 e. The third-order valence-corrected chi connectivity index (χ3v) is 5.49. The molecule has 5 heteroatoms. The van der Waals surface area contributed by atoms with Crippen molar-refractivity contribution in [1.29, 1.82) is 0 Å². The Morgan fingerprint density at radius 2 is 1.23 bits per heavy atom. The van der Waals surface area contributed by atoms with E-state index < -0.39 is 8.07 Å². The molecule has 3 heterocycles. The van der Waals surface area contributed by atoms with Crippen LogP contribution in [0.1, 0.15) is 27.8 Å². The van der Waals surface area contributed by atoms with Crippen molar-refractivity contribution in [1.82, 2.24) is 15.0 Å². The summed E-state index contributed by atoms with van der Waals surface area (Å²) >= 11 is 3.33. The Morgan fingerprint density at radius 3 is 1.57 bits per heavy atom. The lowest BCUT2D eigenvalue weighted by molar-refractivity contribution is 1.26. The molecule has 0 N–H and O–H groups in total. The van der Waals surface area contributed by atoms with Crippen LogP contribution >= 0.6 is 15.9 Å². The van der Waals surface area contributed by atoms with Crippen LogP contribution in [0.15, 0.2) is 59.9 Å². The molecule has 0 amide bonds. The van der Waals surface area contributed by atoms with E-state index in [2.05, 4.69) is 74.8 Å². The third-order valence-electron chi connectivity index (χ3n) is 3.78. The largest absolute Gasteiger partial charge is 0.264 e. The van der Waals surface area contributed by atoms with Crippen LogP contribution in [0.4, 0.5) is 0 Å². The molecule has 0 spiro atoms. The zero-order chi connectivity index (χ0) is 22.6. The van der Waals surface area contributed by atoms with Crippen molar-refractivity contribution in [2.24, 2.45) is 0 Å². The van der Waals surface area contributed by atoms with E-state index >= 15 is 0 Å². The van der Waals surface area contributed by atoms with E-state index in [1.54, 1.807) is 31.0 Å². The summed E-state index contributed by atoms with van der Waals surface area (Å²) in [6, 6.07) is 5.85. The summed E-state index contributed by atoms with van der Waals surface area (Å²) < 4.78 is 1.07. The van der Waals surface area contributed by atoms with Crippen molar-refractivity contribution in [2.75, 3.05) is 0 Å². The van der Waals surface area contributed by atoms with Crippen LogP contribution in [-0.2, 0) is 0 Å². The summed E-state index contributed by atoms with van der Waals surface area (Å²) in [5.74, 6) is 5.73. The maximum absolute atomic E-state index is 5.16. The summed E-state index contributed by atoms with van der Waals surface area (Å²) in [4.78, 5) is 11.8. The summed E-state index contributed by atoms with van der Waals surface area (Å²) in [7, 11) is -1.25. The topological polar surface area (TPSA) is 38.7 Å². The number of pyridine rings is 3. The van der Waals surface area contributed by atoms with Crippen LogP contribution in [0.25, 0.3) is 0 Å². The van der Waals surface area contributed by atoms with Crippen LogP contribution < -0.4 is 0 Å². The van der Waals surface area contributed by atoms with Gasteiger partial charge in [-0.2, -0.15) is 0 Å². The Hall–Kier alpha value is -2.73. The molecule has 0 aromatic carbocycles. The fourth-order valence-corrected chi connectivity index (χ4v) is 2.67. The predicted molar refractivity (Wildman–Crippen MR) is 133 cm³/mol. The van der Waals surface area contributed by atoms with Gasteiger partial charge < -0.3 is 0 Å². The average Bonchev–Trinajstić information content (AvgIpc) is 2.70. The summed E-state index contributed by atoms with van der Waals surface area (Å²) in [5, 5.41) is 0. The summed E-state index contributed by atoms with van der Waals surface area (Å²) in [6.07, 6.45) is 15.8. The average molecular weight is 479 g/mol. The van der Waals surface area contributed by atoms with Crippen molar-refractivity contribution in [3.63, 3.8) is 0 Å². The first-order chi connectivity index (χ1) is 14.1. The molecule has 0 aliphatic heterocycles. The van der Waals surface area contributed by atoms with E-state index in [1.807, 2.05) is 38.2 Å². The number of aromatic nitrogens is 3. The van der Waals surface area contributed by atoms with Gasteiger partial charge in [0.05, 0.1) is 0 Å². The third kappa shape index (κ3) is 10.2. The van der Waals surface area contributed by atoms with Crippen molar-refractivity contribution in [3.8, 4) is 23.8 Å². The van der Waals surface area contributed by atoms with Crippen LogP contribution in [0.5, 0.6) is 0 Å². The van der Waals surface area contributed by atoms with Crippen molar-refractivity contribution >= 4 is 24.0 Å². The normalized spacial score (nSPS) is 9.53. The second kappa shape index (κ2) is 12.7. The van der Waals surface area contributed by atoms with Crippen LogP contribution in [0.2, 0.25) is 19.6 Å². The molecule has 30 heavy (non-hydrogen) atoms. The van der Waals surface area contributed by atoms with E-state index in [4.69, 9.17) is 6.42 Å². The quantitative estimate of drug-likeness (QED) is 0.288. The predicted octanol–water partition coefficient (Wildman–Crippen LogP) is 6.14. The zero-order valence-corrected chi connectivity index (χ0v) is 21.1. The number of halogens is 1. The minimum Gasteiger partial charge on any atom is -0.264 e. The van der Waals surface area contributed by atoms with Crippen LogP contribution in [0, 0.1) is 44.6 Å². The number of terminal acetylenes is 1. The van der Waals surface area contributed by atoms with Gasteiger partial charge in [0.15, 0.2) is 0 Å². The molecule has 3 rings (SSSR count). The zero-order valence-electron chi connectivity index (χ0n) is 18.5. The SMILES string of the molecule is C#Cc1cnccc1C.Cc1ccncc1Br.Cc1ccncc1C#C[Si](C)(C)C. The highest BCUT2D eigenvalue weighted by Gasteiger charge is 2.07. The fraction of sp³-hybridized carbons (Fsp3) is 0.240. The lowest BCUT2D eigenvalue weighted by Gasteiger charge is -2.03. The standard InChI is InChI=1S/C11H15NSi.C8H7N.C6H6BrN/c1-10-5-7-12-9-11(10)6-8-13(2,3)4;1-3-8-6-9-5-4-7(8)2;1-5-2-3-8-4-6(5)7/h5,7,9H,1-4H3;1,4-6H,2H3;2-4H,1H3. The molecule has 0 saturated heterocycles. The molecular formula is C25H28BrN3Si. The first-order valence-electron chi connectivity index (χ1n) is 9.51. The van der Waals surface area contributed by atoms with Gasteiger partial charge in [-0.1, -0.05) is 31.5 Å². The first-order valence-corrected chi connectivity index (χ1v) is 13.8. The number of hydrogen-bond donors (Lipinski definition) is 0. The van der Waals surface area contributed by atoms with E-state index in [1.165, 1.54) is 11.1 Å². The van der Waals surface area contributed by atoms with E-state index in [9.17, 15) is 0 Å². The molecular weight excluding hydrogens is 450 g/mol. The van der Waals surface area contributed by atoms with E-state index in [-0.39, 0.29) is 0 Å². The van der Waals surface area contributed by atoms with Gasteiger partial charge in [0.25, 0.3) is 0 Å². The van der Waals surface area contributed by atoms with Crippen molar-refractivity contribution in [3.05, 3.63) is 87.7 Å². The minimum atomic E-state index is -1.25. The molecule has 3 nitrogen and oxygen atoms in total. The van der Waals surface area contributed by atoms with Gasteiger partial charge in [-0.05, 0) is 71.6 Å². The molecule has 0 saturated carbocycles. The van der Waals surface area contributed by atoms with Crippen LogP contribution in [0.3, 0.4) is 0 Å². The molecule has 0 atom stereocenters. The van der Waals surface area contributed by atoms with E-state index in [0.717, 1.165) is 21.2 Å². The van der Waals surface area contributed by atoms with Gasteiger partial charge >= 0.3 is 0 Å². The van der Waals surface area contributed by atoms with Gasteiger partial charge in [-0.3, -0.25) is 15.0 Å². The first kappa shape index (κ1) is 25.3. The Bertz CT molecular complexity index is 1030. The van der Waals surface area contributed by atoms with Gasteiger partial charge in [0.1, 0.15) is 8.07 Å². The highest BCUT2D eigenvalue weighted by atomic mass is 79.9. The Labute approximate surface area is 190 Å². The Balaban J connectivity index is 0.000000234. The minimum absolute atomic E-state index is 0.873. The second-order valence-electron chi connectivity index (χ2n) is 7.65. The van der Waals surface area contributed by atoms with Gasteiger partial charge in [0, 0.05) is 52.8 Å². The molecule has 0 aliphatic rings. The van der Waals surface area contributed by atoms with Crippen LogP contribution in [-0.4, -0.2) is 23.0 Å². The van der Waals surface area contributed by atoms with Crippen molar-refractivity contribution < 1.29 is 0 Å². The Kier molecular flexibility index (Phi) is 10.8. The van der Waals surface area contributed by atoms with Gasteiger partial charge in [0.2, 0.25) is 0 Å². The fourth-order valence-electron chi connectivity index (χ4n) is 1.91. The number of aryl methyl sites for hydroxylation is 3. The molecule has 0 aliphatic carbocycles. The van der Waals surface area contributed by atoms with Crippen molar-refractivity contribution in [2.45, 2.75) is 40.4 Å². The second-order valence-corrected chi connectivity index (χ2v) is 13.3. The molecule has 0 bridgehead atoms. The highest BCUT2D eigenvalue weighted by Crippen LogP contribution is 2.11. The highest BCUT2D eigenvalue weighted by molar-refractivity contribution is 9.10. The maximum Gasteiger partial charge on any atom is 0.129 e. The molecule has 0 fully saturated rings.